The van der Waals surface area contributed by atoms with Gasteiger partial charge >= 0.3 is 6.03 Å². The highest BCUT2D eigenvalue weighted by molar-refractivity contribution is 7.91. The number of nitrogens with zero attached hydrogens (tertiary/aromatic N) is 2. The summed E-state index contributed by atoms with van der Waals surface area (Å²) in [7, 11) is -1.56. The van der Waals surface area contributed by atoms with Gasteiger partial charge in [-0.15, -0.1) is 0 Å². The predicted molar refractivity (Wildman–Crippen MR) is 117 cm³/mol. The summed E-state index contributed by atoms with van der Waals surface area (Å²) in [5, 5.41) is 2.74. The maximum atomic E-state index is 13.1. The van der Waals surface area contributed by atoms with Crippen LogP contribution in [0.5, 0.6) is 5.75 Å². The Morgan fingerprint density at radius 1 is 1.19 bits per heavy atom. The van der Waals surface area contributed by atoms with Gasteiger partial charge in [-0.2, -0.15) is 0 Å². The van der Waals surface area contributed by atoms with Crippen LogP contribution in [-0.4, -0.2) is 78.8 Å². The van der Waals surface area contributed by atoms with Crippen molar-refractivity contribution in [1.29, 1.82) is 0 Å². The van der Waals surface area contributed by atoms with E-state index in [2.05, 4.69) is 5.32 Å². The van der Waals surface area contributed by atoms with Crippen molar-refractivity contribution in [3.05, 3.63) is 29.8 Å². The van der Waals surface area contributed by atoms with Gasteiger partial charge in [0.15, 0.2) is 9.84 Å². The van der Waals surface area contributed by atoms with E-state index < -0.39 is 27.3 Å². The summed E-state index contributed by atoms with van der Waals surface area (Å²) in [5.41, 5.74) is -0.0933. The number of nitrogens with one attached hydrogen (secondary N) is 1. The molecule has 4 rings (SSSR count). The largest absolute Gasteiger partial charge is 0.497 e. The van der Waals surface area contributed by atoms with Crippen molar-refractivity contribution >= 4 is 27.7 Å². The summed E-state index contributed by atoms with van der Waals surface area (Å²) >= 11 is 0. The van der Waals surface area contributed by atoms with E-state index in [-0.39, 0.29) is 36.0 Å². The third kappa shape index (κ3) is 4.60. The number of carbonyl (C=O) groups excluding carboxylic acids is 3. The quantitative estimate of drug-likeness (QED) is 0.578. The molecule has 0 aromatic heterocycles. The van der Waals surface area contributed by atoms with Gasteiger partial charge in [0, 0.05) is 12.1 Å². The first-order chi connectivity index (χ1) is 15.1. The lowest BCUT2D eigenvalue weighted by atomic mass is 9.93. The van der Waals surface area contributed by atoms with Crippen LogP contribution in [0.4, 0.5) is 4.79 Å². The molecular formula is C22H29N3O6S. The van der Waals surface area contributed by atoms with Crippen molar-refractivity contribution in [3.8, 4) is 5.75 Å². The number of hydrogen-bond donors (Lipinski definition) is 1. The number of rotatable bonds is 8. The van der Waals surface area contributed by atoms with Crippen LogP contribution in [-0.2, 0) is 25.8 Å². The van der Waals surface area contributed by atoms with Crippen LogP contribution >= 0.6 is 0 Å². The smallest absolute Gasteiger partial charge is 0.325 e. The Hall–Kier alpha value is -2.62. The molecule has 9 nitrogen and oxygen atoms in total. The normalized spacial score (nSPS) is 26.8. The standard InChI is InChI=1S/C22H29N3O6S/c1-22(11-9-15-3-7-18(31-2)8-4-15)20(27)24(21(28)23-22)13-19(26)25(16-5-6-16)17-10-12-32(29,30)14-17/h3-4,7-8,16-17H,5-6,9-14H2,1-2H3,(H,23,28)/t17-,22-/m1/s1. The van der Waals surface area contributed by atoms with Gasteiger partial charge in [0.2, 0.25) is 5.91 Å². The second-order valence-corrected chi connectivity index (χ2v) is 11.3. The molecule has 4 amide bonds. The molecule has 1 saturated carbocycles. The first kappa shape index (κ1) is 22.6. The van der Waals surface area contributed by atoms with E-state index in [1.165, 1.54) is 0 Å². The minimum atomic E-state index is -3.15. The van der Waals surface area contributed by atoms with Crippen LogP contribution in [0.3, 0.4) is 0 Å². The highest BCUT2D eigenvalue weighted by atomic mass is 32.2. The van der Waals surface area contributed by atoms with Gasteiger partial charge in [-0.25, -0.2) is 13.2 Å². The van der Waals surface area contributed by atoms with Crippen molar-refractivity contribution in [1.82, 2.24) is 15.1 Å². The third-order valence-corrected chi connectivity index (χ3v) is 8.29. The molecule has 3 fully saturated rings. The number of sulfone groups is 1. The van der Waals surface area contributed by atoms with Gasteiger partial charge in [-0.3, -0.25) is 14.5 Å². The van der Waals surface area contributed by atoms with E-state index in [1.54, 1.807) is 18.9 Å². The van der Waals surface area contributed by atoms with Crippen molar-refractivity contribution in [2.24, 2.45) is 0 Å². The zero-order valence-electron chi connectivity index (χ0n) is 18.4. The second kappa shape index (κ2) is 8.38. The number of benzene rings is 1. The fraction of sp³-hybridized carbons (Fsp3) is 0.591. The Morgan fingerprint density at radius 2 is 1.88 bits per heavy atom. The predicted octanol–water partition coefficient (Wildman–Crippen LogP) is 1.12. The van der Waals surface area contributed by atoms with Gasteiger partial charge in [-0.1, -0.05) is 12.1 Å². The van der Waals surface area contributed by atoms with E-state index in [0.717, 1.165) is 29.1 Å². The van der Waals surface area contributed by atoms with Gasteiger partial charge < -0.3 is 15.0 Å². The fourth-order valence-electron chi connectivity index (χ4n) is 4.52. The number of imide groups is 1. The van der Waals surface area contributed by atoms with E-state index in [1.807, 2.05) is 24.3 Å². The second-order valence-electron chi connectivity index (χ2n) is 9.09. The molecule has 2 atom stereocenters. The monoisotopic (exact) mass is 463 g/mol. The molecule has 32 heavy (non-hydrogen) atoms. The molecule has 0 bridgehead atoms. The Balaban J connectivity index is 1.40. The molecule has 1 N–H and O–H groups in total. The Labute approximate surface area is 188 Å². The van der Waals surface area contributed by atoms with Gasteiger partial charge in [-0.05, 0) is 56.7 Å². The Morgan fingerprint density at radius 3 is 2.44 bits per heavy atom. The molecule has 1 aromatic carbocycles. The summed E-state index contributed by atoms with van der Waals surface area (Å²) in [6.45, 7) is 1.30. The number of methoxy groups -OCH3 is 1. The van der Waals surface area contributed by atoms with E-state index >= 15 is 0 Å². The Kier molecular flexibility index (Phi) is 5.91. The number of aryl methyl sites for hydroxylation is 1. The van der Waals surface area contributed by atoms with Crippen LogP contribution in [0.1, 0.15) is 38.2 Å². The van der Waals surface area contributed by atoms with E-state index in [9.17, 15) is 22.8 Å². The van der Waals surface area contributed by atoms with Crippen LogP contribution in [0, 0.1) is 0 Å². The molecule has 0 unspecified atom stereocenters. The molecule has 0 spiro atoms. The number of carbonyl (C=O) groups is 3. The van der Waals surface area contributed by atoms with Crippen LogP contribution < -0.4 is 10.1 Å². The topological polar surface area (TPSA) is 113 Å². The van der Waals surface area contributed by atoms with Crippen molar-refractivity contribution in [2.75, 3.05) is 25.2 Å². The SMILES string of the molecule is COc1ccc(CC[C@@]2(C)NC(=O)N(CC(=O)N(C3CC3)[C@@H]3CCS(=O)(=O)C3)C2=O)cc1. The summed E-state index contributed by atoms with van der Waals surface area (Å²) in [4.78, 5) is 41.3. The molecule has 2 saturated heterocycles. The lowest BCUT2D eigenvalue weighted by Crippen LogP contribution is -2.49. The van der Waals surface area contributed by atoms with Gasteiger partial charge in [0.25, 0.3) is 5.91 Å². The first-order valence-electron chi connectivity index (χ1n) is 10.9. The molecule has 1 aliphatic carbocycles. The summed E-state index contributed by atoms with van der Waals surface area (Å²) in [6, 6.07) is 6.54. The molecule has 2 aliphatic heterocycles. The van der Waals surface area contributed by atoms with E-state index in [0.29, 0.717) is 19.3 Å². The number of hydrogen-bond acceptors (Lipinski definition) is 6. The zero-order valence-corrected chi connectivity index (χ0v) is 19.2. The zero-order chi connectivity index (χ0) is 23.1. The van der Waals surface area contributed by atoms with Crippen LogP contribution in [0.25, 0.3) is 0 Å². The Bertz CT molecular complexity index is 1020. The summed E-state index contributed by atoms with van der Waals surface area (Å²) < 4.78 is 28.9. The molecule has 1 aromatic rings. The van der Waals surface area contributed by atoms with Crippen molar-refractivity contribution in [2.45, 2.75) is 56.7 Å². The number of urea groups is 1. The van der Waals surface area contributed by atoms with Crippen LogP contribution in [0.15, 0.2) is 24.3 Å². The number of amides is 4. The molecule has 0 radical (unpaired) electrons. The minimum Gasteiger partial charge on any atom is -0.497 e. The highest BCUT2D eigenvalue weighted by Crippen LogP contribution is 2.33. The summed E-state index contributed by atoms with van der Waals surface area (Å²) in [5.74, 6) is -0.0304. The highest BCUT2D eigenvalue weighted by Gasteiger charge is 2.49. The molecular weight excluding hydrogens is 434 g/mol. The average Bonchev–Trinajstić information content (AvgIpc) is 3.48. The first-order valence-corrected chi connectivity index (χ1v) is 12.7. The summed E-state index contributed by atoms with van der Waals surface area (Å²) in [6.07, 6.45) is 3.01. The lowest BCUT2D eigenvalue weighted by Gasteiger charge is -2.29. The van der Waals surface area contributed by atoms with Crippen molar-refractivity contribution in [3.63, 3.8) is 0 Å². The minimum absolute atomic E-state index is 0.00280. The maximum Gasteiger partial charge on any atom is 0.325 e. The van der Waals surface area contributed by atoms with E-state index in [4.69, 9.17) is 4.74 Å². The van der Waals surface area contributed by atoms with Gasteiger partial charge in [0.1, 0.15) is 17.8 Å². The third-order valence-electron chi connectivity index (χ3n) is 6.54. The van der Waals surface area contributed by atoms with Gasteiger partial charge in [0.05, 0.1) is 18.6 Å². The molecule has 2 heterocycles. The maximum absolute atomic E-state index is 13.1. The molecule has 10 heteroatoms. The fourth-order valence-corrected chi connectivity index (χ4v) is 6.23. The van der Waals surface area contributed by atoms with Crippen molar-refractivity contribution < 1.29 is 27.5 Å². The van der Waals surface area contributed by atoms with Crippen LogP contribution in [0.2, 0.25) is 0 Å². The average molecular weight is 464 g/mol. The number of ether oxygens (including phenoxy) is 1. The molecule has 174 valence electrons. The molecule has 3 aliphatic rings. The lowest BCUT2D eigenvalue weighted by molar-refractivity contribution is -0.140.